The summed E-state index contributed by atoms with van der Waals surface area (Å²) in [6, 6.07) is 13.3. The molecule has 0 aromatic heterocycles. The third-order valence-electron chi connectivity index (χ3n) is 3.47. The molecule has 8 heteroatoms. The van der Waals surface area contributed by atoms with E-state index in [1.54, 1.807) is 48.5 Å². The zero-order chi connectivity index (χ0) is 19.6. The van der Waals surface area contributed by atoms with E-state index in [4.69, 9.17) is 16.3 Å². The minimum Gasteiger partial charge on any atom is -0.494 e. The molecular formula is C19H20ClN3O4. The zero-order valence-electron chi connectivity index (χ0n) is 14.8. The lowest BCUT2D eigenvalue weighted by molar-refractivity contribution is -0.124. The molecule has 3 N–H and O–H groups in total. The van der Waals surface area contributed by atoms with Gasteiger partial charge >= 0.3 is 0 Å². The van der Waals surface area contributed by atoms with Gasteiger partial charge in [0.2, 0.25) is 11.8 Å². The zero-order valence-corrected chi connectivity index (χ0v) is 15.5. The number of benzene rings is 2. The van der Waals surface area contributed by atoms with Crippen LogP contribution in [0.4, 0.5) is 5.69 Å². The van der Waals surface area contributed by atoms with E-state index in [1.165, 1.54) is 0 Å². The summed E-state index contributed by atoms with van der Waals surface area (Å²) in [6.45, 7) is 2.40. The number of carbonyl (C=O) groups excluding carboxylic acids is 3. The van der Waals surface area contributed by atoms with Gasteiger partial charge in [-0.2, -0.15) is 0 Å². The van der Waals surface area contributed by atoms with Crippen LogP contribution in [0.2, 0.25) is 5.02 Å². The molecule has 0 heterocycles. The summed E-state index contributed by atoms with van der Waals surface area (Å²) in [5.74, 6) is -0.644. The molecule has 3 amide bonds. The van der Waals surface area contributed by atoms with Crippen LogP contribution in [0.3, 0.4) is 0 Å². The third kappa shape index (κ3) is 6.63. The lowest BCUT2D eigenvalue weighted by atomic mass is 10.2. The molecule has 0 aliphatic heterocycles. The summed E-state index contributed by atoms with van der Waals surface area (Å²) in [5, 5.41) is 3.04. The first-order chi connectivity index (χ1) is 13.0. The van der Waals surface area contributed by atoms with Crippen molar-refractivity contribution in [1.29, 1.82) is 0 Å². The number of anilines is 1. The van der Waals surface area contributed by atoms with Crippen molar-refractivity contribution in [2.75, 3.05) is 11.9 Å². The van der Waals surface area contributed by atoms with Gasteiger partial charge in [-0.3, -0.25) is 25.2 Å². The van der Waals surface area contributed by atoms with Crippen molar-refractivity contribution in [2.45, 2.75) is 19.8 Å². The van der Waals surface area contributed by atoms with Crippen LogP contribution < -0.4 is 20.9 Å². The Labute approximate surface area is 162 Å². The lowest BCUT2D eigenvalue weighted by Gasteiger charge is -2.09. The predicted octanol–water partition coefficient (Wildman–Crippen LogP) is 2.92. The maximum absolute atomic E-state index is 12.0. The molecule has 2 aromatic rings. The number of para-hydroxylation sites is 1. The number of amides is 3. The lowest BCUT2D eigenvalue weighted by Crippen LogP contribution is -2.41. The first-order valence-electron chi connectivity index (χ1n) is 8.36. The predicted molar refractivity (Wildman–Crippen MR) is 103 cm³/mol. The summed E-state index contributed by atoms with van der Waals surface area (Å²) in [4.78, 5) is 35.6. The standard InChI is InChI=1S/C19H20ClN3O4/c1-2-27-14-9-7-13(8-10-14)19(26)23-22-18(25)12-11-17(24)21-16-6-4-3-5-15(16)20/h3-10H,2,11-12H2,1H3,(H,21,24)(H,22,25)(H,23,26). The Kier molecular flexibility index (Phi) is 7.63. The van der Waals surface area contributed by atoms with Crippen molar-refractivity contribution < 1.29 is 19.1 Å². The van der Waals surface area contributed by atoms with Crippen molar-refractivity contribution in [2.24, 2.45) is 0 Å². The van der Waals surface area contributed by atoms with E-state index in [2.05, 4.69) is 16.2 Å². The molecule has 0 radical (unpaired) electrons. The first kappa shape index (κ1) is 20.3. The molecule has 0 bridgehead atoms. The normalized spacial score (nSPS) is 10.0. The SMILES string of the molecule is CCOc1ccc(C(=O)NNC(=O)CCC(=O)Nc2ccccc2Cl)cc1. The number of nitrogens with one attached hydrogen (secondary N) is 3. The second-order valence-electron chi connectivity index (χ2n) is 5.49. The van der Waals surface area contributed by atoms with Gasteiger partial charge in [0, 0.05) is 18.4 Å². The first-order valence-corrected chi connectivity index (χ1v) is 8.74. The Balaban J connectivity index is 1.73. The van der Waals surface area contributed by atoms with Crippen LogP contribution in [0.25, 0.3) is 0 Å². The minimum atomic E-state index is -0.483. The van der Waals surface area contributed by atoms with Crippen molar-refractivity contribution in [3.8, 4) is 5.75 Å². The van der Waals surface area contributed by atoms with Crippen LogP contribution in [0.5, 0.6) is 5.75 Å². The molecule has 0 spiro atoms. The van der Waals surface area contributed by atoms with Gasteiger partial charge in [0.15, 0.2) is 0 Å². The average molecular weight is 390 g/mol. The second-order valence-corrected chi connectivity index (χ2v) is 5.89. The van der Waals surface area contributed by atoms with Gasteiger partial charge in [0.1, 0.15) is 5.75 Å². The molecule has 0 aliphatic carbocycles. The monoisotopic (exact) mass is 389 g/mol. The van der Waals surface area contributed by atoms with E-state index in [-0.39, 0.29) is 18.7 Å². The molecule has 27 heavy (non-hydrogen) atoms. The van der Waals surface area contributed by atoms with E-state index < -0.39 is 11.8 Å². The highest BCUT2D eigenvalue weighted by atomic mass is 35.5. The fourth-order valence-electron chi connectivity index (χ4n) is 2.13. The summed E-state index contributed by atoms with van der Waals surface area (Å²) in [5.41, 5.74) is 5.43. The Morgan fingerprint density at radius 1 is 0.926 bits per heavy atom. The number of hydrogen-bond acceptors (Lipinski definition) is 4. The number of ether oxygens (including phenoxy) is 1. The van der Waals surface area contributed by atoms with E-state index in [9.17, 15) is 14.4 Å². The topological polar surface area (TPSA) is 96.5 Å². The average Bonchev–Trinajstić information content (AvgIpc) is 2.67. The molecule has 142 valence electrons. The van der Waals surface area contributed by atoms with Gasteiger partial charge in [-0.25, -0.2) is 0 Å². The number of hydrazine groups is 1. The molecule has 0 unspecified atom stereocenters. The smallest absolute Gasteiger partial charge is 0.269 e. The fraction of sp³-hybridized carbons (Fsp3) is 0.211. The highest BCUT2D eigenvalue weighted by Gasteiger charge is 2.11. The molecule has 2 aromatic carbocycles. The molecule has 2 rings (SSSR count). The number of carbonyl (C=O) groups is 3. The van der Waals surface area contributed by atoms with Crippen LogP contribution in [-0.2, 0) is 9.59 Å². The van der Waals surface area contributed by atoms with Gasteiger partial charge in [-0.15, -0.1) is 0 Å². The van der Waals surface area contributed by atoms with Crippen molar-refractivity contribution >= 4 is 35.0 Å². The maximum atomic E-state index is 12.0. The molecule has 0 saturated carbocycles. The Hall–Kier alpha value is -3.06. The van der Waals surface area contributed by atoms with Crippen LogP contribution >= 0.6 is 11.6 Å². The molecular weight excluding hydrogens is 370 g/mol. The van der Waals surface area contributed by atoms with Crippen LogP contribution in [-0.4, -0.2) is 24.3 Å². The Bertz CT molecular complexity index is 809. The summed E-state index contributed by atoms with van der Waals surface area (Å²) < 4.78 is 5.30. The Morgan fingerprint density at radius 3 is 2.26 bits per heavy atom. The molecule has 0 aliphatic rings. The Morgan fingerprint density at radius 2 is 1.59 bits per heavy atom. The quantitative estimate of drug-likeness (QED) is 0.634. The fourth-order valence-corrected chi connectivity index (χ4v) is 2.32. The highest BCUT2D eigenvalue weighted by molar-refractivity contribution is 6.33. The summed E-state index contributed by atoms with van der Waals surface area (Å²) in [6.07, 6.45) is -0.129. The number of halogens is 1. The third-order valence-corrected chi connectivity index (χ3v) is 3.80. The van der Waals surface area contributed by atoms with Gasteiger partial charge in [-0.05, 0) is 43.3 Å². The van der Waals surface area contributed by atoms with E-state index in [0.29, 0.717) is 28.6 Å². The summed E-state index contributed by atoms with van der Waals surface area (Å²) >= 11 is 5.95. The molecule has 0 fully saturated rings. The minimum absolute atomic E-state index is 0.0457. The maximum Gasteiger partial charge on any atom is 0.269 e. The second kappa shape index (κ2) is 10.2. The van der Waals surface area contributed by atoms with Gasteiger partial charge < -0.3 is 10.1 Å². The van der Waals surface area contributed by atoms with E-state index in [1.807, 2.05) is 6.92 Å². The van der Waals surface area contributed by atoms with E-state index >= 15 is 0 Å². The largest absolute Gasteiger partial charge is 0.494 e. The van der Waals surface area contributed by atoms with Gasteiger partial charge in [0.25, 0.3) is 5.91 Å². The molecule has 7 nitrogen and oxygen atoms in total. The van der Waals surface area contributed by atoms with E-state index in [0.717, 1.165) is 0 Å². The summed E-state index contributed by atoms with van der Waals surface area (Å²) in [7, 11) is 0. The van der Waals surface area contributed by atoms with Crippen LogP contribution in [0.15, 0.2) is 48.5 Å². The van der Waals surface area contributed by atoms with Crippen LogP contribution in [0.1, 0.15) is 30.1 Å². The van der Waals surface area contributed by atoms with Gasteiger partial charge in [0.05, 0.1) is 17.3 Å². The molecule has 0 saturated heterocycles. The van der Waals surface area contributed by atoms with Gasteiger partial charge in [-0.1, -0.05) is 23.7 Å². The number of hydrogen-bond donors (Lipinski definition) is 3. The van der Waals surface area contributed by atoms with Crippen molar-refractivity contribution in [1.82, 2.24) is 10.9 Å². The van der Waals surface area contributed by atoms with Crippen molar-refractivity contribution in [3.05, 3.63) is 59.1 Å². The van der Waals surface area contributed by atoms with Crippen molar-refractivity contribution in [3.63, 3.8) is 0 Å². The molecule has 0 atom stereocenters. The highest BCUT2D eigenvalue weighted by Crippen LogP contribution is 2.20. The number of rotatable bonds is 7. The van der Waals surface area contributed by atoms with Crippen LogP contribution in [0, 0.1) is 0 Å².